The number of hydrogen-bond donors (Lipinski definition) is 2. The molecule has 4 heteroatoms. The van der Waals surface area contributed by atoms with Crippen LogP contribution in [0.5, 0.6) is 0 Å². The molecule has 0 aliphatic rings. The standard InChI is InChI=1S/C20H14N2O2/c23-12-21-17-11-5-10-16-19(17)22-18-14(13-6-2-1-3-7-13)8-4-9-15(18)20(16)24/h1-12H,(H,21,23)(H,22,24). The molecule has 3 aromatic carbocycles. The summed E-state index contributed by atoms with van der Waals surface area (Å²) >= 11 is 0. The molecule has 116 valence electrons. The van der Waals surface area contributed by atoms with Crippen molar-refractivity contribution in [1.29, 1.82) is 0 Å². The number of pyridine rings is 1. The van der Waals surface area contributed by atoms with Gasteiger partial charge >= 0.3 is 0 Å². The Labute approximate surface area is 137 Å². The van der Waals surface area contributed by atoms with Gasteiger partial charge in [-0.05, 0) is 23.8 Å². The highest BCUT2D eigenvalue weighted by Gasteiger charge is 2.11. The highest BCUT2D eigenvalue weighted by molar-refractivity contribution is 6.04. The van der Waals surface area contributed by atoms with Crippen molar-refractivity contribution in [2.75, 3.05) is 5.32 Å². The summed E-state index contributed by atoms with van der Waals surface area (Å²) in [5.74, 6) is 0. The molecule has 0 saturated carbocycles. The zero-order chi connectivity index (χ0) is 16.5. The van der Waals surface area contributed by atoms with E-state index in [1.54, 1.807) is 18.2 Å². The van der Waals surface area contributed by atoms with E-state index >= 15 is 0 Å². The van der Waals surface area contributed by atoms with Crippen molar-refractivity contribution in [3.63, 3.8) is 0 Å². The maximum Gasteiger partial charge on any atom is 0.211 e. The van der Waals surface area contributed by atoms with Crippen LogP contribution < -0.4 is 10.7 Å². The van der Waals surface area contributed by atoms with Crippen molar-refractivity contribution in [1.82, 2.24) is 4.98 Å². The lowest BCUT2D eigenvalue weighted by molar-refractivity contribution is -0.105. The van der Waals surface area contributed by atoms with Gasteiger partial charge in [-0.15, -0.1) is 0 Å². The molecule has 0 saturated heterocycles. The smallest absolute Gasteiger partial charge is 0.211 e. The van der Waals surface area contributed by atoms with Crippen molar-refractivity contribution < 1.29 is 4.79 Å². The van der Waals surface area contributed by atoms with Crippen LogP contribution in [0.25, 0.3) is 32.9 Å². The van der Waals surface area contributed by atoms with E-state index in [-0.39, 0.29) is 5.43 Å². The molecule has 1 heterocycles. The number of anilines is 1. The van der Waals surface area contributed by atoms with Crippen LogP contribution in [0, 0.1) is 0 Å². The number of aromatic nitrogens is 1. The fraction of sp³-hybridized carbons (Fsp3) is 0. The Hall–Kier alpha value is -3.40. The van der Waals surface area contributed by atoms with Gasteiger partial charge in [0.25, 0.3) is 0 Å². The summed E-state index contributed by atoms with van der Waals surface area (Å²) in [6, 6.07) is 20.9. The van der Waals surface area contributed by atoms with Gasteiger partial charge in [0, 0.05) is 16.3 Å². The number of amides is 1. The predicted molar refractivity (Wildman–Crippen MR) is 97.2 cm³/mol. The largest absolute Gasteiger partial charge is 0.352 e. The molecule has 0 aliphatic carbocycles. The summed E-state index contributed by atoms with van der Waals surface area (Å²) in [5, 5.41) is 3.84. The van der Waals surface area contributed by atoms with Crippen molar-refractivity contribution in [3.05, 3.63) is 77.0 Å². The molecule has 0 atom stereocenters. The van der Waals surface area contributed by atoms with Crippen molar-refractivity contribution in [3.8, 4) is 11.1 Å². The van der Waals surface area contributed by atoms with E-state index in [1.165, 1.54) is 0 Å². The molecule has 2 N–H and O–H groups in total. The Morgan fingerprint density at radius 1 is 0.792 bits per heavy atom. The third-order valence-corrected chi connectivity index (χ3v) is 4.17. The Balaban J connectivity index is 2.15. The molecular weight excluding hydrogens is 300 g/mol. The number of aromatic amines is 1. The maximum atomic E-state index is 12.9. The van der Waals surface area contributed by atoms with Gasteiger partial charge in [0.1, 0.15) is 0 Å². The lowest BCUT2D eigenvalue weighted by Gasteiger charge is -2.11. The second-order valence-electron chi connectivity index (χ2n) is 5.54. The number of H-pyrrole nitrogens is 1. The molecule has 0 fully saturated rings. The summed E-state index contributed by atoms with van der Waals surface area (Å²) in [5.41, 5.74) is 3.91. The van der Waals surface area contributed by atoms with E-state index < -0.39 is 0 Å². The molecule has 24 heavy (non-hydrogen) atoms. The fourth-order valence-electron chi connectivity index (χ4n) is 3.06. The number of carbonyl (C=O) groups is 1. The SMILES string of the molecule is O=CNc1cccc2c(=O)c3cccc(-c4ccccc4)c3[nH]c12. The summed E-state index contributed by atoms with van der Waals surface area (Å²) in [6.45, 7) is 0. The summed E-state index contributed by atoms with van der Waals surface area (Å²) in [4.78, 5) is 27.1. The molecule has 0 unspecified atom stereocenters. The van der Waals surface area contributed by atoms with Crippen LogP contribution >= 0.6 is 0 Å². The minimum Gasteiger partial charge on any atom is -0.352 e. The molecule has 0 bridgehead atoms. The second-order valence-corrected chi connectivity index (χ2v) is 5.54. The normalized spacial score (nSPS) is 10.8. The highest BCUT2D eigenvalue weighted by Crippen LogP contribution is 2.29. The van der Waals surface area contributed by atoms with Crippen LogP contribution in [0.1, 0.15) is 0 Å². The van der Waals surface area contributed by atoms with Crippen LogP contribution in [0.2, 0.25) is 0 Å². The van der Waals surface area contributed by atoms with E-state index in [4.69, 9.17) is 0 Å². The van der Waals surface area contributed by atoms with Gasteiger partial charge in [0.15, 0.2) is 5.43 Å². The average molecular weight is 314 g/mol. The molecule has 1 aromatic heterocycles. The quantitative estimate of drug-likeness (QED) is 0.445. The van der Waals surface area contributed by atoms with Gasteiger partial charge in [-0.3, -0.25) is 9.59 Å². The Morgan fingerprint density at radius 3 is 2.25 bits per heavy atom. The van der Waals surface area contributed by atoms with Crippen molar-refractivity contribution in [2.24, 2.45) is 0 Å². The highest BCUT2D eigenvalue weighted by atomic mass is 16.1. The molecule has 0 aliphatic heterocycles. The van der Waals surface area contributed by atoms with E-state index in [9.17, 15) is 9.59 Å². The topological polar surface area (TPSA) is 62.0 Å². The average Bonchev–Trinajstić information content (AvgIpc) is 2.63. The van der Waals surface area contributed by atoms with Gasteiger partial charge in [-0.2, -0.15) is 0 Å². The van der Waals surface area contributed by atoms with Crippen LogP contribution in [0.3, 0.4) is 0 Å². The molecule has 4 nitrogen and oxygen atoms in total. The first-order valence-corrected chi connectivity index (χ1v) is 7.63. The Morgan fingerprint density at radius 2 is 1.50 bits per heavy atom. The molecule has 4 aromatic rings. The monoisotopic (exact) mass is 314 g/mol. The Kier molecular flexibility index (Phi) is 3.35. The third kappa shape index (κ3) is 2.16. The first-order valence-electron chi connectivity index (χ1n) is 7.63. The molecular formula is C20H14N2O2. The number of carbonyl (C=O) groups excluding carboxylic acids is 1. The van der Waals surface area contributed by atoms with Crippen LogP contribution in [-0.2, 0) is 4.79 Å². The lowest BCUT2D eigenvalue weighted by Crippen LogP contribution is -2.07. The van der Waals surface area contributed by atoms with Crippen molar-refractivity contribution >= 4 is 33.9 Å². The summed E-state index contributed by atoms with van der Waals surface area (Å²) in [6.07, 6.45) is 0.611. The van der Waals surface area contributed by atoms with Crippen molar-refractivity contribution in [2.45, 2.75) is 0 Å². The molecule has 1 amide bonds. The number of nitrogens with one attached hydrogen (secondary N) is 2. The fourth-order valence-corrected chi connectivity index (χ4v) is 3.06. The number of hydrogen-bond acceptors (Lipinski definition) is 2. The Bertz CT molecular complexity index is 1110. The summed E-state index contributed by atoms with van der Waals surface area (Å²) in [7, 11) is 0. The zero-order valence-corrected chi connectivity index (χ0v) is 12.7. The number of benzene rings is 3. The molecule has 4 rings (SSSR count). The number of para-hydroxylation sites is 2. The zero-order valence-electron chi connectivity index (χ0n) is 12.7. The minimum atomic E-state index is -0.0499. The minimum absolute atomic E-state index is 0.0499. The maximum absolute atomic E-state index is 12.9. The van der Waals surface area contributed by atoms with E-state index in [1.807, 2.05) is 48.5 Å². The van der Waals surface area contributed by atoms with Gasteiger partial charge in [0.2, 0.25) is 6.41 Å². The number of fused-ring (bicyclic) bond motifs is 2. The lowest BCUT2D eigenvalue weighted by atomic mass is 10.0. The first kappa shape index (κ1) is 14.2. The van der Waals surface area contributed by atoms with Gasteiger partial charge < -0.3 is 10.3 Å². The first-order chi connectivity index (χ1) is 11.8. The summed E-state index contributed by atoms with van der Waals surface area (Å²) < 4.78 is 0. The van der Waals surface area contributed by atoms with Gasteiger partial charge in [-0.1, -0.05) is 48.5 Å². The predicted octanol–water partition coefficient (Wildman–Crippen LogP) is 3.92. The van der Waals surface area contributed by atoms with E-state index in [2.05, 4.69) is 10.3 Å². The van der Waals surface area contributed by atoms with Gasteiger partial charge in [0.05, 0.1) is 16.7 Å². The number of rotatable bonds is 3. The second kappa shape index (κ2) is 5.66. The third-order valence-electron chi connectivity index (χ3n) is 4.17. The van der Waals surface area contributed by atoms with E-state index in [0.717, 1.165) is 16.6 Å². The van der Waals surface area contributed by atoms with E-state index in [0.29, 0.717) is 28.4 Å². The van der Waals surface area contributed by atoms with Crippen LogP contribution in [0.15, 0.2) is 71.5 Å². The van der Waals surface area contributed by atoms with Gasteiger partial charge in [-0.25, -0.2) is 0 Å². The van der Waals surface area contributed by atoms with Crippen LogP contribution in [-0.4, -0.2) is 11.4 Å². The molecule has 0 radical (unpaired) electrons. The van der Waals surface area contributed by atoms with Crippen LogP contribution in [0.4, 0.5) is 5.69 Å². The molecule has 0 spiro atoms.